The first-order chi connectivity index (χ1) is 8.76. The van der Waals surface area contributed by atoms with Gasteiger partial charge in [0.1, 0.15) is 6.10 Å². The van der Waals surface area contributed by atoms with E-state index in [4.69, 9.17) is 9.26 Å². The van der Waals surface area contributed by atoms with E-state index in [1.54, 1.807) is 0 Å². The van der Waals surface area contributed by atoms with Crippen LogP contribution in [0.15, 0.2) is 4.52 Å². The second-order valence-corrected chi connectivity index (χ2v) is 5.67. The Labute approximate surface area is 112 Å². The van der Waals surface area contributed by atoms with Crippen LogP contribution >= 0.6 is 11.8 Å². The molecule has 18 heavy (non-hydrogen) atoms. The monoisotopic (exact) mass is 271 g/mol. The highest BCUT2D eigenvalue weighted by molar-refractivity contribution is 7.99. The van der Waals surface area contributed by atoms with Crippen molar-refractivity contribution in [3.05, 3.63) is 11.7 Å². The summed E-state index contributed by atoms with van der Waals surface area (Å²) in [5, 5.41) is 7.34. The van der Waals surface area contributed by atoms with Crippen LogP contribution in [0.4, 0.5) is 0 Å². The Morgan fingerprint density at radius 3 is 3.00 bits per heavy atom. The number of aromatic nitrogens is 2. The average molecular weight is 271 g/mol. The van der Waals surface area contributed by atoms with Gasteiger partial charge in [0.25, 0.3) is 0 Å². The standard InChI is InChI=1S/C12H21N3O2S/c1-4-9(13-3)8(2)12-14-11(15-17-12)10-7-18-6-5-16-10/h8-10,13H,4-7H2,1-3H3. The minimum atomic E-state index is -0.0110. The molecule has 2 heterocycles. The van der Waals surface area contributed by atoms with E-state index in [-0.39, 0.29) is 12.0 Å². The van der Waals surface area contributed by atoms with Gasteiger partial charge >= 0.3 is 0 Å². The summed E-state index contributed by atoms with van der Waals surface area (Å²) in [7, 11) is 1.96. The third kappa shape index (κ3) is 3.05. The van der Waals surface area contributed by atoms with Gasteiger partial charge in [-0.2, -0.15) is 16.7 Å². The summed E-state index contributed by atoms with van der Waals surface area (Å²) in [6.45, 7) is 5.02. The molecule has 6 heteroatoms. The first-order valence-corrected chi connectivity index (χ1v) is 7.61. The molecule has 1 N–H and O–H groups in total. The summed E-state index contributed by atoms with van der Waals surface area (Å²) in [6.07, 6.45) is 1.02. The summed E-state index contributed by atoms with van der Waals surface area (Å²) in [4.78, 5) is 4.49. The minimum Gasteiger partial charge on any atom is -0.368 e. The highest BCUT2D eigenvalue weighted by atomic mass is 32.2. The number of hydrogen-bond acceptors (Lipinski definition) is 6. The Morgan fingerprint density at radius 2 is 2.39 bits per heavy atom. The zero-order chi connectivity index (χ0) is 13.0. The third-order valence-corrected chi connectivity index (χ3v) is 4.36. The van der Waals surface area contributed by atoms with Gasteiger partial charge in [0.05, 0.1) is 12.5 Å². The number of thioether (sulfide) groups is 1. The van der Waals surface area contributed by atoms with E-state index < -0.39 is 0 Å². The van der Waals surface area contributed by atoms with E-state index in [1.807, 2.05) is 18.8 Å². The maximum absolute atomic E-state index is 5.65. The molecule has 0 amide bonds. The summed E-state index contributed by atoms with van der Waals surface area (Å²) in [5.41, 5.74) is 0. The van der Waals surface area contributed by atoms with Crippen LogP contribution in [-0.2, 0) is 4.74 Å². The highest BCUT2D eigenvalue weighted by Crippen LogP contribution is 2.26. The fraction of sp³-hybridized carbons (Fsp3) is 0.833. The number of rotatable bonds is 5. The smallest absolute Gasteiger partial charge is 0.231 e. The van der Waals surface area contributed by atoms with E-state index in [0.717, 1.165) is 24.5 Å². The minimum absolute atomic E-state index is 0.0110. The van der Waals surface area contributed by atoms with E-state index in [2.05, 4.69) is 29.3 Å². The van der Waals surface area contributed by atoms with Gasteiger partial charge in [-0.05, 0) is 13.5 Å². The molecular weight excluding hydrogens is 250 g/mol. The Kier molecular flexibility index (Phi) is 5.03. The maximum Gasteiger partial charge on any atom is 0.231 e. The number of nitrogens with one attached hydrogen (secondary N) is 1. The van der Waals surface area contributed by atoms with Gasteiger partial charge in [-0.3, -0.25) is 0 Å². The van der Waals surface area contributed by atoms with Gasteiger partial charge in [-0.15, -0.1) is 0 Å². The molecule has 3 unspecified atom stereocenters. The van der Waals surface area contributed by atoms with Crippen LogP contribution in [0, 0.1) is 0 Å². The predicted molar refractivity (Wildman–Crippen MR) is 71.9 cm³/mol. The Bertz CT molecular complexity index is 362. The van der Waals surface area contributed by atoms with Crippen molar-refractivity contribution in [3.8, 4) is 0 Å². The van der Waals surface area contributed by atoms with Crippen LogP contribution in [0.2, 0.25) is 0 Å². The summed E-state index contributed by atoms with van der Waals surface area (Å²) >= 11 is 1.87. The molecule has 0 saturated carbocycles. The van der Waals surface area contributed by atoms with Gasteiger partial charge in [-0.25, -0.2) is 0 Å². The predicted octanol–water partition coefficient (Wildman–Crippen LogP) is 1.98. The quantitative estimate of drug-likeness (QED) is 0.883. The van der Waals surface area contributed by atoms with Gasteiger partial charge in [-0.1, -0.05) is 19.0 Å². The lowest BCUT2D eigenvalue weighted by atomic mass is 10.00. The fourth-order valence-electron chi connectivity index (χ4n) is 2.18. The van der Waals surface area contributed by atoms with Crippen LogP contribution in [0.1, 0.15) is 44.0 Å². The molecule has 1 aromatic heterocycles. The molecule has 3 atom stereocenters. The van der Waals surface area contributed by atoms with Crippen LogP contribution in [0.25, 0.3) is 0 Å². The largest absolute Gasteiger partial charge is 0.368 e. The molecule has 1 saturated heterocycles. The molecule has 5 nitrogen and oxygen atoms in total. The number of nitrogens with zero attached hydrogens (tertiary/aromatic N) is 2. The van der Waals surface area contributed by atoms with Gasteiger partial charge in [0.15, 0.2) is 0 Å². The molecule has 1 fully saturated rings. The normalized spacial score (nSPS) is 23.8. The van der Waals surface area contributed by atoms with Gasteiger partial charge in [0, 0.05) is 17.5 Å². The van der Waals surface area contributed by atoms with Crippen molar-refractivity contribution >= 4 is 11.8 Å². The van der Waals surface area contributed by atoms with E-state index in [9.17, 15) is 0 Å². The number of hydrogen-bond donors (Lipinski definition) is 1. The number of likely N-dealkylation sites (N-methyl/N-ethyl adjacent to an activating group) is 1. The lowest BCUT2D eigenvalue weighted by molar-refractivity contribution is 0.0677. The second-order valence-electron chi connectivity index (χ2n) is 4.52. The van der Waals surface area contributed by atoms with E-state index in [0.29, 0.717) is 17.8 Å². The summed E-state index contributed by atoms with van der Waals surface area (Å²) < 4.78 is 11.0. The van der Waals surface area contributed by atoms with Crippen molar-refractivity contribution in [2.75, 3.05) is 25.2 Å². The van der Waals surface area contributed by atoms with Crippen LogP contribution in [-0.4, -0.2) is 41.3 Å². The molecule has 2 rings (SSSR count). The van der Waals surface area contributed by atoms with Crippen molar-refractivity contribution in [2.24, 2.45) is 0 Å². The molecule has 1 aliphatic heterocycles. The molecule has 0 aromatic carbocycles. The third-order valence-electron chi connectivity index (χ3n) is 3.37. The first kappa shape index (κ1) is 13.8. The highest BCUT2D eigenvalue weighted by Gasteiger charge is 2.26. The molecule has 0 bridgehead atoms. The van der Waals surface area contributed by atoms with Crippen molar-refractivity contribution in [1.82, 2.24) is 15.5 Å². The van der Waals surface area contributed by atoms with Crippen molar-refractivity contribution < 1.29 is 9.26 Å². The summed E-state index contributed by atoms with van der Waals surface area (Å²) in [5.74, 6) is 3.57. The Balaban J connectivity index is 2.04. The first-order valence-electron chi connectivity index (χ1n) is 6.46. The van der Waals surface area contributed by atoms with Crippen molar-refractivity contribution in [2.45, 2.75) is 38.3 Å². The lowest BCUT2D eigenvalue weighted by Gasteiger charge is -2.19. The van der Waals surface area contributed by atoms with E-state index >= 15 is 0 Å². The topological polar surface area (TPSA) is 60.2 Å². The molecule has 1 aromatic rings. The SMILES string of the molecule is CCC(NC)C(C)c1nc(C2CSCCO2)no1. The molecule has 1 aliphatic rings. The van der Waals surface area contributed by atoms with Gasteiger partial charge in [0.2, 0.25) is 11.7 Å². The number of ether oxygens (including phenoxy) is 1. The van der Waals surface area contributed by atoms with Crippen LogP contribution in [0.5, 0.6) is 0 Å². The van der Waals surface area contributed by atoms with Crippen LogP contribution in [0.3, 0.4) is 0 Å². The van der Waals surface area contributed by atoms with Crippen LogP contribution < -0.4 is 5.32 Å². The zero-order valence-corrected chi connectivity index (χ0v) is 12.0. The average Bonchev–Trinajstić information content (AvgIpc) is 2.90. The Hall–Kier alpha value is -0.590. The second kappa shape index (κ2) is 6.54. The molecule has 0 aliphatic carbocycles. The van der Waals surface area contributed by atoms with E-state index in [1.165, 1.54) is 0 Å². The molecule has 102 valence electrons. The fourth-order valence-corrected chi connectivity index (χ4v) is 3.02. The zero-order valence-electron chi connectivity index (χ0n) is 11.2. The molecule has 0 spiro atoms. The Morgan fingerprint density at radius 1 is 1.56 bits per heavy atom. The molecular formula is C12H21N3O2S. The summed E-state index contributed by atoms with van der Waals surface area (Å²) in [6, 6.07) is 0.361. The maximum atomic E-state index is 5.65. The van der Waals surface area contributed by atoms with Crippen molar-refractivity contribution in [1.29, 1.82) is 0 Å². The molecule has 0 radical (unpaired) electrons. The lowest BCUT2D eigenvalue weighted by Crippen LogP contribution is -2.30. The van der Waals surface area contributed by atoms with Gasteiger partial charge < -0.3 is 14.6 Å². The van der Waals surface area contributed by atoms with Crippen molar-refractivity contribution in [3.63, 3.8) is 0 Å².